The Morgan fingerprint density at radius 3 is 2.62 bits per heavy atom. The lowest BCUT2D eigenvalue weighted by Crippen LogP contribution is -1.83. The van der Waals surface area contributed by atoms with Gasteiger partial charge in [-0.2, -0.15) is 0 Å². The molecule has 0 N–H and O–H groups in total. The zero-order valence-corrected chi connectivity index (χ0v) is 9.92. The van der Waals surface area contributed by atoms with Crippen LogP contribution >= 0.6 is 15.9 Å². The molecule has 3 nitrogen and oxygen atoms in total. The maximum atomic E-state index is 4.19. The summed E-state index contributed by atoms with van der Waals surface area (Å²) in [6.07, 6.45) is 1.89. The van der Waals surface area contributed by atoms with Crippen molar-refractivity contribution in [3.8, 4) is 11.3 Å². The Kier molecular flexibility index (Phi) is 2.22. The van der Waals surface area contributed by atoms with Crippen LogP contribution in [0.5, 0.6) is 0 Å². The Balaban J connectivity index is 2.22. The molecule has 2 aromatic heterocycles. The van der Waals surface area contributed by atoms with Gasteiger partial charge in [0, 0.05) is 16.2 Å². The van der Waals surface area contributed by atoms with E-state index in [1.165, 1.54) is 0 Å². The number of benzene rings is 1. The van der Waals surface area contributed by atoms with Gasteiger partial charge in [-0.25, -0.2) is 4.52 Å². The highest BCUT2D eigenvalue weighted by Gasteiger charge is 2.06. The fourth-order valence-corrected chi connectivity index (χ4v) is 1.92. The van der Waals surface area contributed by atoms with Crippen LogP contribution in [0.25, 0.3) is 16.8 Å². The molecule has 2 heterocycles. The molecule has 0 fully saturated rings. The average Bonchev–Trinajstić information content (AvgIpc) is 2.74. The van der Waals surface area contributed by atoms with Crippen molar-refractivity contribution in [2.24, 2.45) is 0 Å². The Morgan fingerprint density at radius 1 is 1.00 bits per heavy atom. The first-order valence-corrected chi connectivity index (χ1v) is 5.70. The molecule has 0 saturated heterocycles. The topological polar surface area (TPSA) is 30.2 Å². The van der Waals surface area contributed by atoms with E-state index in [0.29, 0.717) is 0 Å². The van der Waals surface area contributed by atoms with Crippen molar-refractivity contribution >= 4 is 21.4 Å². The molecule has 0 saturated carbocycles. The molecule has 0 amide bonds. The lowest BCUT2D eigenvalue weighted by atomic mass is 10.1. The molecule has 0 radical (unpaired) electrons. The highest BCUT2D eigenvalue weighted by molar-refractivity contribution is 9.10. The summed E-state index contributed by atoms with van der Waals surface area (Å²) in [6, 6.07) is 14.0. The molecular formula is C12H8BrN3. The van der Waals surface area contributed by atoms with Gasteiger partial charge < -0.3 is 0 Å². The minimum Gasteiger partial charge on any atom is -0.220 e. The molecule has 0 aliphatic carbocycles. The summed E-state index contributed by atoms with van der Waals surface area (Å²) in [4.78, 5) is 0. The van der Waals surface area contributed by atoms with E-state index in [9.17, 15) is 0 Å². The predicted molar refractivity (Wildman–Crippen MR) is 66.1 cm³/mol. The Morgan fingerprint density at radius 2 is 1.81 bits per heavy atom. The van der Waals surface area contributed by atoms with Gasteiger partial charge in [0.05, 0.1) is 5.52 Å². The highest BCUT2D eigenvalue weighted by Crippen LogP contribution is 2.23. The van der Waals surface area contributed by atoms with Gasteiger partial charge in [-0.3, -0.25) is 0 Å². The van der Waals surface area contributed by atoms with Crippen molar-refractivity contribution in [3.63, 3.8) is 0 Å². The van der Waals surface area contributed by atoms with Crippen molar-refractivity contribution in [1.82, 2.24) is 14.8 Å². The quantitative estimate of drug-likeness (QED) is 0.682. The van der Waals surface area contributed by atoms with E-state index in [4.69, 9.17) is 0 Å². The Bertz CT molecular complexity index is 628. The fraction of sp³-hybridized carbons (Fsp3) is 0. The zero-order chi connectivity index (χ0) is 11.0. The minimum absolute atomic E-state index is 0.910. The van der Waals surface area contributed by atoms with Crippen LogP contribution in [0.2, 0.25) is 0 Å². The second-order valence-corrected chi connectivity index (χ2v) is 4.39. The Labute approximate surface area is 101 Å². The van der Waals surface area contributed by atoms with Crippen molar-refractivity contribution in [1.29, 1.82) is 0 Å². The van der Waals surface area contributed by atoms with Crippen LogP contribution in [-0.2, 0) is 0 Å². The smallest absolute Gasteiger partial charge is 0.120 e. The van der Waals surface area contributed by atoms with Crippen LogP contribution in [0.4, 0.5) is 0 Å². The van der Waals surface area contributed by atoms with Crippen molar-refractivity contribution < 1.29 is 0 Å². The van der Waals surface area contributed by atoms with Gasteiger partial charge in [0.2, 0.25) is 0 Å². The summed E-state index contributed by atoms with van der Waals surface area (Å²) in [7, 11) is 0. The first-order chi connectivity index (χ1) is 7.84. The average molecular weight is 274 g/mol. The van der Waals surface area contributed by atoms with Gasteiger partial charge in [0.1, 0.15) is 5.69 Å². The predicted octanol–water partition coefficient (Wildman–Crippen LogP) is 3.16. The second kappa shape index (κ2) is 3.72. The molecule has 0 unspecified atom stereocenters. The summed E-state index contributed by atoms with van der Waals surface area (Å²) in [6.45, 7) is 0. The third-order valence-corrected chi connectivity index (χ3v) is 2.97. The zero-order valence-electron chi connectivity index (χ0n) is 8.34. The molecule has 0 spiro atoms. The maximum absolute atomic E-state index is 4.19. The lowest BCUT2D eigenvalue weighted by Gasteiger charge is -1.97. The molecule has 0 atom stereocenters. The summed E-state index contributed by atoms with van der Waals surface area (Å²) in [5.74, 6) is 0. The van der Waals surface area contributed by atoms with E-state index >= 15 is 0 Å². The summed E-state index contributed by atoms with van der Waals surface area (Å²) < 4.78 is 2.84. The molecule has 78 valence electrons. The number of nitrogens with zero attached hydrogens (tertiary/aromatic N) is 3. The van der Waals surface area contributed by atoms with Crippen molar-refractivity contribution in [2.75, 3.05) is 0 Å². The lowest BCUT2D eigenvalue weighted by molar-refractivity contribution is 0.857. The van der Waals surface area contributed by atoms with Crippen molar-refractivity contribution in [2.45, 2.75) is 0 Å². The first-order valence-electron chi connectivity index (χ1n) is 4.90. The number of pyridine rings is 1. The molecule has 0 aliphatic rings. The SMILES string of the molecule is Brc1ccc(-c2nnn3ccccc23)cc1. The largest absolute Gasteiger partial charge is 0.220 e. The van der Waals surface area contributed by atoms with Crippen LogP contribution < -0.4 is 0 Å². The van der Waals surface area contributed by atoms with Crippen LogP contribution in [0.15, 0.2) is 53.1 Å². The monoisotopic (exact) mass is 273 g/mol. The molecular weight excluding hydrogens is 266 g/mol. The first kappa shape index (κ1) is 9.54. The van der Waals surface area contributed by atoms with Crippen LogP contribution in [-0.4, -0.2) is 14.8 Å². The van der Waals surface area contributed by atoms with E-state index in [1.54, 1.807) is 4.52 Å². The molecule has 4 heteroatoms. The van der Waals surface area contributed by atoms with Gasteiger partial charge in [-0.05, 0) is 24.3 Å². The van der Waals surface area contributed by atoms with Gasteiger partial charge in [0.15, 0.2) is 0 Å². The summed E-state index contributed by atoms with van der Waals surface area (Å²) >= 11 is 3.42. The summed E-state index contributed by atoms with van der Waals surface area (Å²) in [5, 5.41) is 8.27. The Hall–Kier alpha value is -1.68. The molecule has 0 aliphatic heterocycles. The number of fused-ring (bicyclic) bond motifs is 1. The van der Waals surface area contributed by atoms with E-state index < -0.39 is 0 Å². The van der Waals surface area contributed by atoms with E-state index in [1.807, 2.05) is 48.7 Å². The van der Waals surface area contributed by atoms with Crippen LogP contribution in [0, 0.1) is 0 Å². The third kappa shape index (κ3) is 1.51. The number of rotatable bonds is 1. The van der Waals surface area contributed by atoms with Crippen LogP contribution in [0.1, 0.15) is 0 Å². The van der Waals surface area contributed by atoms with E-state index in [-0.39, 0.29) is 0 Å². The molecule has 3 rings (SSSR count). The number of halogens is 1. The standard InChI is InChI=1S/C12H8BrN3/c13-10-6-4-9(5-7-10)12-11-3-1-2-8-16(11)15-14-12/h1-8H. The number of hydrogen-bond acceptors (Lipinski definition) is 2. The highest BCUT2D eigenvalue weighted by atomic mass is 79.9. The molecule has 1 aromatic carbocycles. The van der Waals surface area contributed by atoms with E-state index in [2.05, 4.69) is 26.2 Å². The molecule has 3 aromatic rings. The fourth-order valence-electron chi connectivity index (χ4n) is 1.66. The van der Waals surface area contributed by atoms with Gasteiger partial charge in [0.25, 0.3) is 0 Å². The molecule has 0 bridgehead atoms. The van der Waals surface area contributed by atoms with Crippen molar-refractivity contribution in [3.05, 3.63) is 53.1 Å². The molecule has 16 heavy (non-hydrogen) atoms. The van der Waals surface area contributed by atoms with Gasteiger partial charge >= 0.3 is 0 Å². The minimum atomic E-state index is 0.910. The third-order valence-electron chi connectivity index (χ3n) is 2.44. The second-order valence-electron chi connectivity index (χ2n) is 3.48. The maximum Gasteiger partial charge on any atom is 0.120 e. The summed E-state index contributed by atoms with van der Waals surface area (Å²) in [5.41, 5.74) is 3.00. The number of aromatic nitrogens is 3. The van der Waals surface area contributed by atoms with Gasteiger partial charge in [-0.1, -0.05) is 39.3 Å². The van der Waals surface area contributed by atoms with Crippen LogP contribution in [0.3, 0.4) is 0 Å². The number of hydrogen-bond donors (Lipinski definition) is 0. The van der Waals surface area contributed by atoms with Gasteiger partial charge in [-0.15, -0.1) is 5.10 Å². The van der Waals surface area contributed by atoms with E-state index in [0.717, 1.165) is 21.2 Å². The normalized spacial score (nSPS) is 10.8.